The molecule has 1 saturated heterocycles. The largest absolute Gasteiger partial charge is 0.315 e. The van der Waals surface area contributed by atoms with Gasteiger partial charge in [-0.05, 0) is 62.9 Å². The minimum Gasteiger partial charge on any atom is -0.315 e. The Kier molecular flexibility index (Phi) is 5.30. The maximum Gasteiger partial charge on any atom is 0.0224 e. The Balaban J connectivity index is 2.01. The number of hydrogen-bond donors (Lipinski definition) is 1. The van der Waals surface area contributed by atoms with Crippen molar-refractivity contribution >= 4 is 0 Å². The standard InChI is InChI=1S/C17H34N2/c1-5-11-19(15-7-6-10-18-13-15)16-8-9-17(3,4)12-14(16)2/h14-16,18H,5-13H2,1-4H3. The number of hydrogen-bond acceptors (Lipinski definition) is 2. The first-order valence-electron chi connectivity index (χ1n) is 8.50. The molecule has 2 nitrogen and oxygen atoms in total. The molecule has 0 radical (unpaired) electrons. The first-order valence-corrected chi connectivity index (χ1v) is 8.50. The van der Waals surface area contributed by atoms with Gasteiger partial charge in [-0.15, -0.1) is 0 Å². The molecule has 0 spiro atoms. The number of piperidine rings is 1. The Morgan fingerprint density at radius 2 is 2.05 bits per heavy atom. The van der Waals surface area contributed by atoms with Crippen molar-refractivity contribution in [2.75, 3.05) is 19.6 Å². The molecule has 1 N–H and O–H groups in total. The second kappa shape index (κ2) is 6.58. The summed E-state index contributed by atoms with van der Waals surface area (Å²) in [5.41, 5.74) is 0.568. The number of rotatable bonds is 4. The summed E-state index contributed by atoms with van der Waals surface area (Å²) in [6.07, 6.45) is 8.27. The van der Waals surface area contributed by atoms with Gasteiger partial charge in [-0.3, -0.25) is 4.90 Å². The summed E-state index contributed by atoms with van der Waals surface area (Å²) in [4.78, 5) is 2.87. The first kappa shape index (κ1) is 15.3. The third-order valence-electron chi connectivity index (χ3n) is 5.30. The van der Waals surface area contributed by atoms with Gasteiger partial charge in [0.15, 0.2) is 0 Å². The highest BCUT2D eigenvalue weighted by atomic mass is 15.2. The molecular weight excluding hydrogens is 232 g/mol. The molecule has 2 rings (SSSR count). The number of nitrogens with one attached hydrogen (secondary N) is 1. The lowest BCUT2D eigenvalue weighted by atomic mass is 9.70. The Morgan fingerprint density at radius 3 is 2.63 bits per heavy atom. The zero-order chi connectivity index (χ0) is 13.9. The highest BCUT2D eigenvalue weighted by Gasteiger charge is 2.37. The molecule has 1 aliphatic carbocycles. The lowest BCUT2D eigenvalue weighted by Crippen LogP contribution is -2.54. The van der Waals surface area contributed by atoms with Crippen LogP contribution in [0.25, 0.3) is 0 Å². The van der Waals surface area contributed by atoms with E-state index < -0.39 is 0 Å². The fourth-order valence-corrected chi connectivity index (χ4v) is 4.42. The highest BCUT2D eigenvalue weighted by Crippen LogP contribution is 2.41. The number of nitrogens with zero attached hydrogens (tertiary/aromatic N) is 1. The van der Waals surface area contributed by atoms with Gasteiger partial charge in [-0.25, -0.2) is 0 Å². The molecule has 19 heavy (non-hydrogen) atoms. The molecule has 2 fully saturated rings. The average Bonchev–Trinajstić information content (AvgIpc) is 2.37. The van der Waals surface area contributed by atoms with Crippen LogP contribution >= 0.6 is 0 Å². The van der Waals surface area contributed by atoms with Crippen molar-refractivity contribution in [1.29, 1.82) is 0 Å². The van der Waals surface area contributed by atoms with E-state index in [1.165, 1.54) is 58.2 Å². The van der Waals surface area contributed by atoms with Gasteiger partial charge in [0.25, 0.3) is 0 Å². The van der Waals surface area contributed by atoms with Crippen molar-refractivity contribution in [2.45, 2.75) is 78.3 Å². The third kappa shape index (κ3) is 3.95. The summed E-state index contributed by atoms with van der Waals surface area (Å²) in [5.74, 6) is 0.859. The van der Waals surface area contributed by atoms with Crippen LogP contribution in [0.1, 0.15) is 66.2 Å². The minimum atomic E-state index is 0.568. The van der Waals surface area contributed by atoms with E-state index in [1.807, 2.05) is 0 Å². The Hall–Kier alpha value is -0.0800. The summed E-state index contributed by atoms with van der Waals surface area (Å²) in [6, 6.07) is 1.63. The van der Waals surface area contributed by atoms with Gasteiger partial charge in [0.1, 0.15) is 0 Å². The maximum absolute atomic E-state index is 3.60. The minimum absolute atomic E-state index is 0.568. The van der Waals surface area contributed by atoms with E-state index >= 15 is 0 Å². The van der Waals surface area contributed by atoms with Crippen LogP contribution in [0.4, 0.5) is 0 Å². The predicted molar refractivity (Wildman–Crippen MR) is 83.5 cm³/mol. The molecule has 2 heteroatoms. The zero-order valence-electron chi connectivity index (χ0n) is 13.5. The molecule has 1 heterocycles. The summed E-state index contributed by atoms with van der Waals surface area (Å²) in [5, 5.41) is 3.60. The van der Waals surface area contributed by atoms with Crippen LogP contribution in [0.15, 0.2) is 0 Å². The SMILES string of the molecule is CCCN(C1CCCNC1)C1CCC(C)(C)CC1C. The average molecular weight is 266 g/mol. The van der Waals surface area contributed by atoms with Crippen LogP contribution < -0.4 is 5.32 Å². The van der Waals surface area contributed by atoms with E-state index in [4.69, 9.17) is 0 Å². The van der Waals surface area contributed by atoms with Gasteiger partial charge in [-0.1, -0.05) is 27.7 Å². The third-order valence-corrected chi connectivity index (χ3v) is 5.30. The zero-order valence-corrected chi connectivity index (χ0v) is 13.5. The molecule has 2 aliphatic rings. The predicted octanol–water partition coefficient (Wildman–Crippen LogP) is 3.67. The second-order valence-electron chi connectivity index (χ2n) is 7.69. The van der Waals surface area contributed by atoms with Crippen molar-refractivity contribution in [1.82, 2.24) is 10.2 Å². The molecule has 1 saturated carbocycles. The van der Waals surface area contributed by atoms with E-state index in [0.29, 0.717) is 5.41 Å². The summed E-state index contributed by atoms with van der Waals surface area (Å²) in [7, 11) is 0. The molecule has 0 aromatic carbocycles. The fourth-order valence-electron chi connectivity index (χ4n) is 4.42. The summed E-state index contributed by atoms with van der Waals surface area (Å²) in [6.45, 7) is 13.5. The molecule has 0 aromatic heterocycles. The van der Waals surface area contributed by atoms with E-state index in [9.17, 15) is 0 Å². The maximum atomic E-state index is 3.60. The first-order chi connectivity index (χ1) is 9.03. The molecule has 0 amide bonds. The second-order valence-corrected chi connectivity index (χ2v) is 7.69. The summed E-state index contributed by atoms with van der Waals surface area (Å²) < 4.78 is 0. The van der Waals surface area contributed by atoms with E-state index in [-0.39, 0.29) is 0 Å². The highest BCUT2D eigenvalue weighted by molar-refractivity contribution is 4.92. The quantitative estimate of drug-likeness (QED) is 0.835. The molecule has 0 bridgehead atoms. The monoisotopic (exact) mass is 266 g/mol. The van der Waals surface area contributed by atoms with Gasteiger partial charge in [0.05, 0.1) is 0 Å². The van der Waals surface area contributed by atoms with Gasteiger partial charge < -0.3 is 5.32 Å². The molecule has 0 aromatic rings. The lowest BCUT2D eigenvalue weighted by Gasteiger charge is -2.48. The van der Waals surface area contributed by atoms with Crippen LogP contribution in [0.2, 0.25) is 0 Å². The molecule has 3 unspecified atom stereocenters. The van der Waals surface area contributed by atoms with Crippen molar-refractivity contribution in [3.05, 3.63) is 0 Å². The van der Waals surface area contributed by atoms with Crippen molar-refractivity contribution in [3.8, 4) is 0 Å². The van der Waals surface area contributed by atoms with E-state index in [1.54, 1.807) is 0 Å². The van der Waals surface area contributed by atoms with Crippen molar-refractivity contribution in [3.63, 3.8) is 0 Å². The van der Waals surface area contributed by atoms with Gasteiger partial charge in [0, 0.05) is 18.6 Å². The van der Waals surface area contributed by atoms with Crippen LogP contribution in [-0.4, -0.2) is 36.6 Å². The van der Waals surface area contributed by atoms with Crippen LogP contribution in [0, 0.1) is 11.3 Å². The van der Waals surface area contributed by atoms with Gasteiger partial charge in [-0.2, -0.15) is 0 Å². The Morgan fingerprint density at radius 1 is 1.26 bits per heavy atom. The van der Waals surface area contributed by atoms with Crippen molar-refractivity contribution < 1.29 is 0 Å². The lowest BCUT2D eigenvalue weighted by molar-refractivity contribution is 0.0242. The Labute approximate surface area is 120 Å². The smallest absolute Gasteiger partial charge is 0.0224 e. The Bertz CT molecular complexity index is 268. The van der Waals surface area contributed by atoms with Crippen LogP contribution in [0.3, 0.4) is 0 Å². The molecule has 1 aliphatic heterocycles. The van der Waals surface area contributed by atoms with Gasteiger partial charge >= 0.3 is 0 Å². The van der Waals surface area contributed by atoms with Crippen LogP contribution in [-0.2, 0) is 0 Å². The molecule has 112 valence electrons. The van der Waals surface area contributed by atoms with Gasteiger partial charge in [0.2, 0.25) is 0 Å². The van der Waals surface area contributed by atoms with Crippen LogP contribution in [0.5, 0.6) is 0 Å². The normalized spacial score (nSPS) is 35.5. The van der Waals surface area contributed by atoms with E-state index in [2.05, 4.69) is 37.9 Å². The molecular formula is C17H34N2. The fraction of sp³-hybridized carbons (Fsp3) is 1.00. The van der Waals surface area contributed by atoms with Crippen molar-refractivity contribution in [2.24, 2.45) is 11.3 Å². The topological polar surface area (TPSA) is 15.3 Å². The summed E-state index contributed by atoms with van der Waals surface area (Å²) >= 11 is 0. The molecule has 3 atom stereocenters. The van der Waals surface area contributed by atoms with E-state index in [0.717, 1.165) is 18.0 Å².